The zero-order valence-corrected chi connectivity index (χ0v) is 10.2. The molecule has 1 aromatic rings. The Labute approximate surface area is 103 Å². The number of hydrogen-bond donors (Lipinski definition) is 1. The molecule has 1 aliphatic rings. The van der Waals surface area contributed by atoms with Gasteiger partial charge in [0.2, 0.25) is 5.91 Å². The average molecular weight is 254 g/mol. The van der Waals surface area contributed by atoms with Crippen LogP contribution in [0.25, 0.3) is 0 Å². The van der Waals surface area contributed by atoms with Crippen LogP contribution in [0.5, 0.6) is 0 Å². The number of aliphatic carboxylic acids is 1. The quantitative estimate of drug-likeness (QED) is 0.867. The number of nitrogens with zero attached hydrogens (tertiary/aromatic N) is 2. The molecule has 2 rings (SSSR count). The highest BCUT2D eigenvalue weighted by atomic mass is 32.1. The van der Waals surface area contributed by atoms with Crippen LogP contribution in [-0.2, 0) is 16.0 Å². The topological polar surface area (TPSA) is 70.5 Å². The third-order valence-electron chi connectivity index (χ3n) is 2.67. The molecule has 92 valence electrons. The van der Waals surface area contributed by atoms with Gasteiger partial charge in [-0.15, -0.1) is 11.3 Å². The fourth-order valence-corrected chi connectivity index (χ4v) is 2.71. The summed E-state index contributed by atoms with van der Waals surface area (Å²) in [6, 6.07) is 0. The van der Waals surface area contributed by atoms with E-state index in [0.717, 1.165) is 23.8 Å². The lowest BCUT2D eigenvalue weighted by Crippen LogP contribution is -2.23. The minimum Gasteiger partial charge on any atom is -0.481 e. The molecule has 1 aromatic heterocycles. The van der Waals surface area contributed by atoms with E-state index in [9.17, 15) is 9.59 Å². The molecular formula is C11H14N2O3S. The molecule has 1 saturated heterocycles. The van der Waals surface area contributed by atoms with E-state index >= 15 is 0 Å². The maximum Gasteiger partial charge on any atom is 0.303 e. The summed E-state index contributed by atoms with van der Waals surface area (Å²) in [5, 5.41) is 11.2. The van der Waals surface area contributed by atoms with Crippen LogP contribution in [-0.4, -0.2) is 28.5 Å². The van der Waals surface area contributed by atoms with Gasteiger partial charge in [-0.25, -0.2) is 4.98 Å². The molecule has 0 aromatic carbocycles. The lowest BCUT2D eigenvalue weighted by molar-refractivity contribution is -0.137. The molecule has 1 amide bonds. The molecule has 2 heterocycles. The van der Waals surface area contributed by atoms with Gasteiger partial charge in [0.25, 0.3) is 0 Å². The van der Waals surface area contributed by atoms with Crippen molar-refractivity contribution in [3.05, 3.63) is 11.1 Å². The van der Waals surface area contributed by atoms with Crippen molar-refractivity contribution in [1.29, 1.82) is 0 Å². The van der Waals surface area contributed by atoms with Gasteiger partial charge in [0.1, 0.15) is 0 Å². The molecule has 0 spiro atoms. The molecule has 1 N–H and O–H groups in total. The first-order chi connectivity index (χ1) is 8.16. The van der Waals surface area contributed by atoms with Crippen molar-refractivity contribution in [3.63, 3.8) is 0 Å². The highest BCUT2D eigenvalue weighted by molar-refractivity contribution is 7.14. The lowest BCUT2D eigenvalue weighted by Gasteiger charge is -2.10. The van der Waals surface area contributed by atoms with Crippen molar-refractivity contribution in [1.82, 2.24) is 4.98 Å². The zero-order valence-electron chi connectivity index (χ0n) is 9.39. The van der Waals surface area contributed by atoms with Crippen LogP contribution in [0.2, 0.25) is 0 Å². The predicted octanol–water partition coefficient (Wildman–Crippen LogP) is 1.68. The number of thiazole rings is 1. The molecule has 0 saturated carbocycles. The maximum absolute atomic E-state index is 11.5. The second-order valence-electron chi connectivity index (χ2n) is 4.02. The Morgan fingerprint density at radius 3 is 3.06 bits per heavy atom. The molecule has 6 heteroatoms. The Bertz CT molecular complexity index is 430. The molecule has 0 aliphatic carbocycles. The number of hydrogen-bond acceptors (Lipinski definition) is 4. The number of carbonyl (C=O) groups is 2. The molecule has 1 aliphatic heterocycles. The van der Waals surface area contributed by atoms with Crippen molar-refractivity contribution in [3.8, 4) is 0 Å². The van der Waals surface area contributed by atoms with Crippen LogP contribution in [0, 0.1) is 0 Å². The monoisotopic (exact) mass is 254 g/mol. The van der Waals surface area contributed by atoms with Gasteiger partial charge in [-0.3, -0.25) is 14.5 Å². The van der Waals surface area contributed by atoms with Gasteiger partial charge in [-0.1, -0.05) is 0 Å². The van der Waals surface area contributed by atoms with Crippen molar-refractivity contribution < 1.29 is 14.7 Å². The van der Waals surface area contributed by atoms with E-state index in [4.69, 9.17) is 5.11 Å². The van der Waals surface area contributed by atoms with E-state index in [0.29, 0.717) is 19.3 Å². The number of carboxylic acid groups (broad SMARTS) is 1. The van der Waals surface area contributed by atoms with Gasteiger partial charge in [0.15, 0.2) is 5.13 Å². The average Bonchev–Trinajstić information content (AvgIpc) is 2.86. The van der Waals surface area contributed by atoms with Gasteiger partial charge < -0.3 is 5.11 Å². The Morgan fingerprint density at radius 1 is 1.59 bits per heavy atom. The van der Waals surface area contributed by atoms with E-state index in [1.807, 2.05) is 5.38 Å². The van der Waals surface area contributed by atoms with Gasteiger partial charge >= 0.3 is 5.97 Å². The molecule has 5 nitrogen and oxygen atoms in total. The smallest absolute Gasteiger partial charge is 0.303 e. The van der Waals surface area contributed by atoms with E-state index < -0.39 is 5.97 Å². The number of carbonyl (C=O) groups excluding carboxylic acids is 1. The van der Waals surface area contributed by atoms with Gasteiger partial charge in [-0.05, 0) is 19.3 Å². The number of aromatic nitrogens is 1. The molecule has 17 heavy (non-hydrogen) atoms. The maximum atomic E-state index is 11.5. The van der Waals surface area contributed by atoms with Crippen molar-refractivity contribution in [2.24, 2.45) is 0 Å². The van der Waals surface area contributed by atoms with E-state index in [-0.39, 0.29) is 12.3 Å². The first kappa shape index (κ1) is 12.0. The predicted molar refractivity (Wildman–Crippen MR) is 64.3 cm³/mol. The van der Waals surface area contributed by atoms with Crippen molar-refractivity contribution >= 4 is 28.3 Å². The molecule has 0 atom stereocenters. The van der Waals surface area contributed by atoms with Gasteiger partial charge in [-0.2, -0.15) is 0 Å². The molecule has 0 unspecified atom stereocenters. The van der Waals surface area contributed by atoms with Crippen molar-refractivity contribution in [2.75, 3.05) is 11.4 Å². The summed E-state index contributed by atoms with van der Waals surface area (Å²) >= 11 is 1.46. The molecule has 0 bridgehead atoms. The minimum atomic E-state index is -0.782. The Kier molecular flexibility index (Phi) is 3.73. The molecule has 1 fully saturated rings. The molecule has 0 radical (unpaired) electrons. The van der Waals surface area contributed by atoms with Crippen LogP contribution in [0.15, 0.2) is 5.38 Å². The van der Waals surface area contributed by atoms with Gasteiger partial charge in [0, 0.05) is 24.8 Å². The second-order valence-corrected chi connectivity index (χ2v) is 4.85. The van der Waals surface area contributed by atoms with E-state index in [2.05, 4.69) is 4.98 Å². The van der Waals surface area contributed by atoms with Gasteiger partial charge in [0.05, 0.1) is 5.69 Å². The Morgan fingerprint density at radius 2 is 2.41 bits per heavy atom. The largest absolute Gasteiger partial charge is 0.481 e. The summed E-state index contributed by atoms with van der Waals surface area (Å²) < 4.78 is 0. The zero-order chi connectivity index (χ0) is 12.3. The third-order valence-corrected chi connectivity index (χ3v) is 3.58. The van der Waals surface area contributed by atoms with Crippen LogP contribution in [0.1, 0.15) is 31.4 Å². The number of aryl methyl sites for hydroxylation is 1. The standard InChI is InChI=1S/C11H14N2O3S/c14-9-4-2-6-13(9)11-12-8(7-17-11)3-1-5-10(15)16/h7H,1-6H2,(H,15,16). The number of carboxylic acids is 1. The Balaban J connectivity index is 1.91. The summed E-state index contributed by atoms with van der Waals surface area (Å²) in [5.41, 5.74) is 0.881. The highest BCUT2D eigenvalue weighted by Crippen LogP contribution is 2.25. The SMILES string of the molecule is O=C(O)CCCc1csc(N2CCCC2=O)n1. The molecular weight excluding hydrogens is 240 g/mol. The summed E-state index contributed by atoms with van der Waals surface area (Å²) in [6.45, 7) is 0.751. The van der Waals surface area contributed by atoms with Crippen LogP contribution in [0.3, 0.4) is 0 Å². The first-order valence-electron chi connectivity index (χ1n) is 5.63. The third kappa shape index (κ3) is 3.03. The van der Waals surface area contributed by atoms with Crippen LogP contribution in [0.4, 0.5) is 5.13 Å². The summed E-state index contributed by atoms with van der Waals surface area (Å²) in [6.07, 6.45) is 2.91. The number of amides is 1. The van der Waals surface area contributed by atoms with Crippen LogP contribution >= 0.6 is 11.3 Å². The van der Waals surface area contributed by atoms with E-state index in [1.165, 1.54) is 11.3 Å². The minimum absolute atomic E-state index is 0.136. The van der Waals surface area contributed by atoms with Crippen LogP contribution < -0.4 is 4.90 Å². The summed E-state index contributed by atoms with van der Waals surface area (Å²) in [5.74, 6) is -0.647. The van der Waals surface area contributed by atoms with Crippen molar-refractivity contribution in [2.45, 2.75) is 32.1 Å². The van der Waals surface area contributed by atoms with E-state index in [1.54, 1.807) is 4.90 Å². The fourth-order valence-electron chi connectivity index (χ4n) is 1.81. The second kappa shape index (κ2) is 5.27. The Hall–Kier alpha value is -1.43. The number of anilines is 1. The first-order valence-corrected chi connectivity index (χ1v) is 6.51. The summed E-state index contributed by atoms with van der Waals surface area (Å²) in [7, 11) is 0. The lowest BCUT2D eigenvalue weighted by atomic mass is 10.2. The summed E-state index contributed by atoms with van der Waals surface area (Å²) in [4.78, 5) is 28.0. The normalized spacial score (nSPS) is 15.5. The highest BCUT2D eigenvalue weighted by Gasteiger charge is 2.23. The fraction of sp³-hybridized carbons (Fsp3) is 0.545. The number of rotatable bonds is 5.